The van der Waals surface area contributed by atoms with E-state index in [2.05, 4.69) is 42.3 Å². The van der Waals surface area contributed by atoms with Gasteiger partial charge in [0.25, 0.3) is 0 Å². The van der Waals surface area contributed by atoms with E-state index in [1.54, 1.807) is 0 Å². The van der Waals surface area contributed by atoms with Crippen LogP contribution in [0.3, 0.4) is 0 Å². The van der Waals surface area contributed by atoms with Gasteiger partial charge in [-0.3, -0.25) is 0 Å². The van der Waals surface area contributed by atoms with Crippen molar-refractivity contribution in [1.29, 1.82) is 0 Å². The summed E-state index contributed by atoms with van der Waals surface area (Å²) in [7, 11) is 2.20. The zero-order valence-corrected chi connectivity index (χ0v) is 11.9. The van der Waals surface area contributed by atoms with Gasteiger partial charge in [0.2, 0.25) is 0 Å². The number of benzene rings is 1. The lowest BCUT2D eigenvalue weighted by atomic mass is 10.0. The van der Waals surface area contributed by atoms with Gasteiger partial charge >= 0.3 is 0 Å². The molecule has 2 N–H and O–H groups in total. The van der Waals surface area contributed by atoms with Gasteiger partial charge in [-0.2, -0.15) is 0 Å². The molecule has 0 bridgehead atoms. The van der Waals surface area contributed by atoms with E-state index in [0.717, 1.165) is 25.9 Å². The first kappa shape index (κ1) is 13.5. The molecule has 1 aliphatic carbocycles. The van der Waals surface area contributed by atoms with E-state index in [1.807, 2.05) is 0 Å². The number of hydrogen-bond acceptors (Lipinski definition) is 2. The van der Waals surface area contributed by atoms with Crippen molar-refractivity contribution >= 4 is 17.2 Å². The number of nitrogens with zero attached hydrogens (tertiary/aromatic N) is 1. The SMILES string of the molecule is CN(CCc1ccccc1)CC1(CC(N)=S)CC1. The molecular formula is C15H22N2S. The second-order valence-electron chi connectivity index (χ2n) is 5.62. The Morgan fingerprint density at radius 1 is 1.33 bits per heavy atom. The monoisotopic (exact) mass is 262 g/mol. The van der Waals surface area contributed by atoms with E-state index in [1.165, 1.54) is 18.4 Å². The number of rotatable bonds is 7. The summed E-state index contributed by atoms with van der Waals surface area (Å²) < 4.78 is 0. The predicted octanol–water partition coefficient (Wildman–Crippen LogP) is 2.62. The maximum Gasteiger partial charge on any atom is 0.0733 e. The van der Waals surface area contributed by atoms with Gasteiger partial charge in [-0.1, -0.05) is 42.5 Å². The molecule has 1 saturated carbocycles. The minimum atomic E-state index is 0.400. The third kappa shape index (κ3) is 4.07. The normalized spacial score (nSPS) is 16.8. The Kier molecular flexibility index (Phi) is 4.36. The molecule has 1 aliphatic rings. The molecule has 2 rings (SSSR count). The molecule has 0 amide bonds. The molecule has 0 unspecified atom stereocenters. The minimum absolute atomic E-state index is 0.400. The quantitative estimate of drug-likeness (QED) is 0.766. The first-order valence-electron chi connectivity index (χ1n) is 6.60. The molecule has 0 aromatic heterocycles. The lowest BCUT2D eigenvalue weighted by Crippen LogP contribution is -2.31. The first-order valence-corrected chi connectivity index (χ1v) is 7.01. The van der Waals surface area contributed by atoms with Crippen LogP contribution in [-0.4, -0.2) is 30.0 Å². The Bertz CT molecular complexity index is 398. The van der Waals surface area contributed by atoms with Gasteiger partial charge in [0.05, 0.1) is 4.99 Å². The highest BCUT2D eigenvalue weighted by Crippen LogP contribution is 2.49. The van der Waals surface area contributed by atoms with Crippen LogP contribution in [0.1, 0.15) is 24.8 Å². The third-order valence-corrected chi connectivity index (χ3v) is 3.88. The summed E-state index contributed by atoms with van der Waals surface area (Å²) in [5, 5.41) is 0. The van der Waals surface area contributed by atoms with E-state index in [0.29, 0.717) is 10.4 Å². The molecule has 0 radical (unpaired) electrons. The van der Waals surface area contributed by atoms with Crippen LogP contribution in [0.2, 0.25) is 0 Å². The fourth-order valence-corrected chi connectivity index (χ4v) is 2.86. The molecule has 18 heavy (non-hydrogen) atoms. The molecule has 0 aliphatic heterocycles. The minimum Gasteiger partial charge on any atom is -0.393 e. The average Bonchev–Trinajstić information content (AvgIpc) is 3.06. The molecule has 1 aromatic carbocycles. The topological polar surface area (TPSA) is 29.3 Å². The van der Waals surface area contributed by atoms with Gasteiger partial charge in [0, 0.05) is 19.5 Å². The zero-order valence-electron chi connectivity index (χ0n) is 11.1. The molecule has 0 atom stereocenters. The molecule has 1 fully saturated rings. The highest BCUT2D eigenvalue weighted by Gasteiger charge is 2.43. The number of thiocarbonyl (C=S) groups is 1. The standard InChI is InChI=1S/C15H22N2S/c1-17(10-7-13-5-3-2-4-6-13)12-15(8-9-15)11-14(16)18/h2-6H,7-12H2,1H3,(H2,16,18). The van der Waals surface area contributed by atoms with Crippen molar-refractivity contribution in [2.75, 3.05) is 20.1 Å². The Hall–Kier alpha value is -0.930. The van der Waals surface area contributed by atoms with Crippen LogP contribution in [0.25, 0.3) is 0 Å². The van der Waals surface area contributed by atoms with Crippen LogP contribution < -0.4 is 5.73 Å². The summed E-state index contributed by atoms with van der Waals surface area (Å²) in [6, 6.07) is 10.6. The van der Waals surface area contributed by atoms with Crippen LogP contribution >= 0.6 is 12.2 Å². The lowest BCUT2D eigenvalue weighted by molar-refractivity contribution is 0.269. The van der Waals surface area contributed by atoms with Crippen LogP contribution in [-0.2, 0) is 6.42 Å². The van der Waals surface area contributed by atoms with Crippen LogP contribution in [0, 0.1) is 5.41 Å². The molecule has 0 saturated heterocycles. The lowest BCUT2D eigenvalue weighted by Gasteiger charge is -2.23. The van der Waals surface area contributed by atoms with Crippen LogP contribution in [0.15, 0.2) is 30.3 Å². The van der Waals surface area contributed by atoms with Crippen molar-refractivity contribution in [2.45, 2.75) is 25.7 Å². The molecule has 1 aromatic rings. The molecule has 2 nitrogen and oxygen atoms in total. The van der Waals surface area contributed by atoms with E-state index < -0.39 is 0 Å². The summed E-state index contributed by atoms with van der Waals surface area (Å²) in [5.41, 5.74) is 7.48. The van der Waals surface area contributed by atoms with Crippen LogP contribution in [0.5, 0.6) is 0 Å². The molecular weight excluding hydrogens is 240 g/mol. The second kappa shape index (κ2) is 5.81. The molecule has 98 valence electrons. The summed E-state index contributed by atoms with van der Waals surface area (Å²) >= 11 is 5.04. The maximum absolute atomic E-state index is 5.67. The Morgan fingerprint density at radius 3 is 2.56 bits per heavy atom. The Morgan fingerprint density at radius 2 is 2.00 bits per heavy atom. The van der Waals surface area contributed by atoms with Gasteiger partial charge in [0.1, 0.15) is 0 Å². The van der Waals surface area contributed by atoms with Gasteiger partial charge in [0.15, 0.2) is 0 Å². The van der Waals surface area contributed by atoms with E-state index in [4.69, 9.17) is 18.0 Å². The van der Waals surface area contributed by atoms with Gasteiger partial charge < -0.3 is 10.6 Å². The maximum atomic E-state index is 5.67. The smallest absolute Gasteiger partial charge is 0.0733 e. The Balaban J connectivity index is 1.76. The van der Waals surface area contributed by atoms with Crippen molar-refractivity contribution in [3.05, 3.63) is 35.9 Å². The average molecular weight is 262 g/mol. The second-order valence-corrected chi connectivity index (χ2v) is 6.14. The van der Waals surface area contributed by atoms with Crippen molar-refractivity contribution in [1.82, 2.24) is 4.90 Å². The zero-order chi connectivity index (χ0) is 13.0. The van der Waals surface area contributed by atoms with Crippen molar-refractivity contribution in [3.63, 3.8) is 0 Å². The van der Waals surface area contributed by atoms with Gasteiger partial charge in [-0.25, -0.2) is 0 Å². The number of hydrogen-bond donors (Lipinski definition) is 1. The van der Waals surface area contributed by atoms with Crippen molar-refractivity contribution in [2.24, 2.45) is 11.1 Å². The van der Waals surface area contributed by atoms with Crippen LogP contribution in [0.4, 0.5) is 0 Å². The summed E-state index contributed by atoms with van der Waals surface area (Å²) in [4.78, 5) is 3.09. The Labute approximate surface area is 115 Å². The van der Waals surface area contributed by atoms with E-state index >= 15 is 0 Å². The summed E-state index contributed by atoms with van der Waals surface area (Å²) in [6.07, 6.45) is 4.58. The van der Waals surface area contributed by atoms with Crippen molar-refractivity contribution < 1.29 is 0 Å². The van der Waals surface area contributed by atoms with E-state index in [-0.39, 0.29) is 0 Å². The molecule has 0 heterocycles. The largest absolute Gasteiger partial charge is 0.393 e. The fraction of sp³-hybridized carbons (Fsp3) is 0.533. The van der Waals surface area contributed by atoms with E-state index in [9.17, 15) is 0 Å². The third-order valence-electron chi connectivity index (χ3n) is 3.74. The van der Waals surface area contributed by atoms with Gasteiger partial charge in [-0.05, 0) is 37.3 Å². The molecule has 3 heteroatoms. The summed E-state index contributed by atoms with van der Waals surface area (Å²) in [6.45, 7) is 2.22. The first-order chi connectivity index (χ1) is 8.60. The molecule has 0 spiro atoms. The predicted molar refractivity (Wildman–Crippen MR) is 80.7 cm³/mol. The highest BCUT2D eigenvalue weighted by atomic mass is 32.1. The van der Waals surface area contributed by atoms with Gasteiger partial charge in [-0.15, -0.1) is 0 Å². The number of nitrogens with two attached hydrogens (primary N) is 1. The number of likely N-dealkylation sites (N-methyl/N-ethyl adjacent to an activating group) is 1. The van der Waals surface area contributed by atoms with Crippen molar-refractivity contribution in [3.8, 4) is 0 Å². The summed E-state index contributed by atoms with van der Waals surface area (Å²) in [5.74, 6) is 0. The highest BCUT2D eigenvalue weighted by molar-refractivity contribution is 7.80. The fourth-order valence-electron chi connectivity index (χ4n) is 2.55.